The normalized spacial score (nSPS) is 11.0. The highest BCUT2D eigenvalue weighted by molar-refractivity contribution is 6.12. The van der Waals surface area contributed by atoms with Gasteiger partial charge in [-0.3, -0.25) is 10.2 Å². The summed E-state index contributed by atoms with van der Waals surface area (Å²) >= 11 is 0. The molecule has 0 spiro atoms. The van der Waals surface area contributed by atoms with Crippen LogP contribution < -0.4 is 34.7 Å². The van der Waals surface area contributed by atoms with E-state index in [2.05, 4.69) is 25.7 Å². The van der Waals surface area contributed by atoms with E-state index in [1.54, 1.807) is 74.9 Å². The number of anilines is 1. The number of hydrogen-bond acceptors (Lipinski definition) is 10. The maximum atomic E-state index is 13.0. The van der Waals surface area contributed by atoms with Crippen LogP contribution >= 0.6 is 0 Å². The molecular weight excluding hydrogens is 490 g/mol. The monoisotopic (exact) mass is 517 g/mol. The quantitative estimate of drug-likeness (QED) is 0.239. The molecule has 0 bridgehead atoms. The highest BCUT2D eigenvalue weighted by atomic mass is 16.5. The Hall–Kier alpha value is -5.06. The molecule has 0 aliphatic rings. The third kappa shape index (κ3) is 5.51. The number of nitrogens with zero attached hydrogens (tertiary/aromatic N) is 3. The first-order valence-electron chi connectivity index (χ1n) is 11.4. The van der Waals surface area contributed by atoms with Crippen molar-refractivity contribution in [2.45, 2.75) is 0 Å². The molecule has 1 aromatic heterocycles. The molecule has 0 fully saturated rings. The Bertz CT molecular complexity index is 1460. The first kappa shape index (κ1) is 26.0. The van der Waals surface area contributed by atoms with Crippen molar-refractivity contribution in [1.82, 2.24) is 15.2 Å². The lowest BCUT2D eigenvalue weighted by molar-refractivity contribution is 0.324. The molecule has 0 saturated carbocycles. The number of methoxy groups -OCH3 is 5. The first-order valence-corrected chi connectivity index (χ1v) is 11.4. The van der Waals surface area contributed by atoms with Crippen molar-refractivity contribution >= 4 is 11.4 Å². The first-order chi connectivity index (χ1) is 18.5. The second kappa shape index (κ2) is 11.8. The average Bonchev–Trinajstić information content (AvgIpc) is 2.97. The van der Waals surface area contributed by atoms with Crippen LogP contribution in [0, 0.1) is 0 Å². The van der Waals surface area contributed by atoms with Crippen LogP contribution in [0.5, 0.6) is 28.7 Å². The topological polar surface area (TPSA) is 129 Å². The molecule has 0 unspecified atom stereocenters. The Morgan fingerprint density at radius 3 is 1.89 bits per heavy atom. The van der Waals surface area contributed by atoms with E-state index in [9.17, 15) is 4.79 Å². The molecule has 11 nitrogen and oxygen atoms in total. The van der Waals surface area contributed by atoms with Crippen molar-refractivity contribution < 1.29 is 23.7 Å². The van der Waals surface area contributed by atoms with Gasteiger partial charge in [-0.2, -0.15) is 10.2 Å². The summed E-state index contributed by atoms with van der Waals surface area (Å²) in [6.45, 7) is 0. The SMILES string of the molecule is COc1ccc(N/N=C(/c2cc(OC)c(OC)c(OC)c2)c2nc(-c3ccc(OC)cc3)n[nH]c2=O)cc1. The fourth-order valence-electron chi connectivity index (χ4n) is 3.63. The van der Waals surface area contributed by atoms with Crippen LogP contribution in [-0.4, -0.2) is 56.4 Å². The number of H-pyrrole nitrogens is 1. The zero-order valence-electron chi connectivity index (χ0n) is 21.6. The van der Waals surface area contributed by atoms with Crippen LogP contribution in [-0.2, 0) is 0 Å². The number of nitrogens with one attached hydrogen (secondary N) is 2. The summed E-state index contributed by atoms with van der Waals surface area (Å²) in [7, 11) is 7.70. The lowest BCUT2D eigenvalue weighted by Crippen LogP contribution is -2.24. The number of hydrogen-bond donors (Lipinski definition) is 2. The standard InChI is InChI=1S/C27H27N5O6/c1-34-19-10-6-16(7-11-19)26-28-24(27(33)32-31-26)23(30-29-18-8-12-20(35-2)13-9-18)17-14-21(36-3)25(38-5)22(15-17)37-4/h6-15,29H,1-5H3,(H,32,33)/b30-23-. The second-order valence-corrected chi connectivity index (χ2v) is 7.78. The molecule has 4 rings (SSSR count). The van der Waals surface area contributed by atoms with Crippen molar-refractivity contribution in [3.63, 3.8) is 0 Å². The highest BCUT2D eigenvalue weighted by Crippen LogP contribution is 2.38. The van der Waals surface area contributed by atoms with Crippen LogP contribution in [0.4, 0.5) is 5.69 Å². The van der Waals surface area contributed by atoms with Gasteiger partial charge in [-0.15, -0.1) is 0 Å². The van der Waals surface area contributed by atoms with Crippen LogP contribution in [0.3, 0.4) is 0 Å². The summed E-state index contributed by atoms with van der Waals surface area (Å²) in [5.74, 6) is 2.85. The van der Waals surface area contributed by atoms with E-state index in [-0.39, 0.29) is 11.4 Å². The predicted octanol–water partition coefficient (Wildman–Crippen LogP) is 3.74. The summed E-state index contributed by atoms with van der Waals surface area (Å²) in [6, 6.07) is 17.7. The van der Waals surface area contributed by atoms with Gasteiger partial charge in [0.2, 0.25) is 5.75 Å². The molecule has 0 radical (unpaired) electrons. The Labute approximate surface area is 219 Å². The predicted molar refractivity (Wildman–Crippen MR) is 143 cm³/mol. The summed E-state index contributed by atoms with van der Waals surface area (Å²) in [4.78, 5) is 17.6. The van der Waals surface area contributed by atoms with Crippen molar-refractivity contribution in [2.24, 2.45) is 5.10 Å². The van der Waals surface area contributed by atoms with Gasteiger partial charge in [-0.1, -0.05) is 0 Å². The van der Waals surface area contributed by atoms with Crippen molar-refractivity contribution in [3.8, 4) is 40.1 Å². The van der Waals surface area contributed by atoms with Gasteiger partial charge in [0.25, 0.3) is 5.56 Å². The summed E-state index contributed by atoms with van der Waals surface area (Å²) in [6.07, 6.45) is 0. The molecule has 0 amide bonds. The van der Waals surface area contributed by atoms with Gasteiger partial charge in [-0.25, -0.2) is 10.1 Å². The summed E-state index contributed by atoms with van der Waals surface area (Å²) in [5, 5.41) is 11.2. The van der Waals surface area contributed by atoms with Crippen molar-refractivity contribution in [2.75, 3.05) is 41.0 Å². The van der Waals surface area contributed by atoms with Crippen LogP contribution in [0.15, 0.2) is 70.6 Å². The fourth-order valence-corrected chi connectivity index (χ4v) is 3.63. The number of ether oxygens (including phenoxy) is 5. The molecule has 0 saturated heterocycles. The molecule has 1 heterocycles. The highest BCUT2D eigenvalue weighted by Gasteiger charge is 2.21. The summed E-state index contributed by atoms with van der Waals surface area (Å²) < 4.78 is 26.9. The van der Waals surface area contributed by atoms with Crippen LogP contribution in [0.2, 0.25) is 0 Å². The van der Waals surface area contributed by atoms with Gasteiger partial charge in [0.15, 0.2) is 23.0 Å². The Balaban J connectivity index is 1.87. The van der Waals surface area contributed by atoms with E-state index in [1.165, 1.54) is 21.3 Å². The molecule has 4 aromatic rings. The second-order valence-electron chi connectivity index (χ2n) is 7.78. The van der Waals surface area contributed by atoms with Gasteiger partial charge >= 0.3 is 0 Å². The van der Waals surface area contributed by atoms with Crippen molar-refractivity contribution in [1.29, 1.82) is 0 Å². The lowest BCUT2D eigenvalue weighted by Gasteiger charge is -2.15. The van der Waals surface area contributed by atoms with Crippen LogP contribution in [0.25, 0.3) is 11.4 Å². The minimum absolute atomic E-state index is 0.0288. The Morgan fingerprint density at radius 1 is 0.789 bits per heavy atom. The molecule has 0 atom stereocenters. The minimum Gasteiger partial charge on any atom is -0.497 e. The van der Waals surface area contributed by atoms with E-state index < -0.39 is 5.56 Å². The number of benzene rings is 3. The molecule has 196 valence electrons. The number of rotatable bonds is 10. The van der Waals surface area contributed by atoms with Gasteiger partial charge in [0.05, 0.1) is 41.2 Å². The molecular formula is C27H27N5O6. The van der Waals surface area contributed by atoms with E-state index in [1.807, 2.05) is 0 Å². The average molecular weight is 518 g/mol. The van der Waals surface area contributed by atoms with Gasteiger partial charge in [0, 0.05) is 11.1 Å². The van der Waals surface area contributed by atoms with Gasteiger partial charge in [0.1, 0.15) is 17.2 Å². The van der Waals surface area contributed by atoms with E-state index >= 15 is 0 Å². The Kier molecular flexibility index (Phi) is 8.07. The van der Waals surface area contributed by atoms with Gasteiger partial charge in [-0.05, 0) is 60.7 Å². The zero-order chi connectivity index (χ0) is 27.1. The molecule has 0 aliphatic carbocycles. The largest absolute Gasteiger partial charge is 0.497 e. The fraction of sp³-hybridized carbons (Fsp3) is 0.185. The van der Waals surface area contributed by atoms with Crippen LogP contribution in [0.1, 0.15) is 11.3 Å². The minimum atomic E-state index is -0.536. The lowest BCUT2D eigenvalue weighted by atomic mass is 10.1. The molecule has 38 heavy (non-hydrogen) atoms. The van der Waals surface area contributed by atoms with Crippen molar-refractivity contribution in [3.05, 3.63) is 82.3 Å². The maximum Gasteiger partial charge on any atom is 0.292 e. The number of aromatic nitrogens is 3. The zero-order valence-corrected chi connectivity index (χ0v) is 21.6. The van der Waals surface area contributed by atoms with E-state index in [0.717, 1.165) is 0 Å². The Morgan fingerprint density at radius 2 is 1.37 bits per heavy atom. The summed E-state index contributed by atoms with van der Waals surface area (Å²) in [5.41, 5.74) is 4.53. The van der Waals surface area contributed by atoms with Gasteiger partial charge < -0.3 is 23.7 Å². The maximum absolute atomic E-state index is 13.0. The third-order valence-corrected chi connectivity index (χ3v) is 5.59. The molecule has 0 aliphatic heterocycles. The molecule has 11 heteroatoms. The third-order valence-electron chi connectivity index (χ3n) is 5.59. The van der Waals surface area contributed by atoms with E-state index in [4.69, 9.17) is 23.7 Å². The van der Waals surface area contributed by atoms with E-state index in [0.29, 0.717) is 51.4 Å². The number of hydrazone groups is 1. The number of aromatic amines is 1. The molecule has 3 aromatic carbocycles. The smallest absolute Gasteiger partial charge is 0.292 e. The molecule has 2 N–H and O–H groups in total.